The molecule has 1 amide bonds. The summed E-state index contributed by atoms with van der Waals surface area (Å²) in [4.78, 5) is 24.0. The average Bonchev–Trinajstić information content (AvgIpc) is 3.29. The quantitative estimate of drug-likeness (QED) is 0.358. The van der Waals surface area contributed by atoms with E-state index in [1.807, 2.05) is 6.07 Å². The van der Waals surface area contributed by atoms with Gasteiger partial charge in [0.15, 0.2) is 11.6 Å². The molecule has 1 aromatic carbocycles. The molecule has 0 bridgehead atoms. The Bertz CT molecular complexity index is 1480. The molecule has 1 aliphatic carbocycles. The molecule has 1 saturated carbocycles. The van der Waals surface area contributed by atoms with Crippen LogP contribution in [0.4, 0.5) is 14.6 Å². The third kappa shape index (κ3) is 4.62. The Kier molecular flexibility index (Phi) is 6.34. The van der Waals surface area contributed by atoms with Gasteiger partial charge in [0.2, 0.25) is 0 Å². The maximum absolute atomic E-state index is 15.0. The number of nitrogens with zero attached hydrogens (tertiary/aromatic N) is 3. The van der Waals surface area contributed by atoms with Crippen LogP contribution < -0.4 is 10.6 Å². The first-order valence-electron chi connectivity index (χ1n) is 11.8. The highest BCUT2D eigenvalue weighted by molar-refractivity contribution is 5.96. The van der Waals surface area contributed by atoms with Crippen LogP contribution >= 0.6 is 0 Å². The number of nitriles is 1. The molecule has 4 aromatic rings. The van der Waals surface area contributed by atoms with Crippen molar-refractivity contribution in [3.05, 3.63) is 77.2 Å². The lowest BCUT2D eigenvalue weighted by molar-refractivity contribution is 0.0921. The number of amides is 1. The Morgan fingerprint density at radius 2 is 2.00 bits per heavy atom. The van der Waals surface area contributed by atoms with Crippen LogP contribution in [0, 0.1) is 29.9 Å². The summed E-state index contributed by atoms with van der Waals surface area (Å²) in [6.07, 6.45) is 6.18. The number of hydrogen-bond donors (Lipinski definition) is 3. The van der Waals surface area contributed by atoms with E-state index in [1.165, 1.54) is 6.07 Å². The molecule has 0 saturated heterocycles. The van der Waals surface area contributed by atoms with E-state index >= 15 is 0 Å². The molecule has 3 N–H and O–H groups in total. The molecule has 1 aliphatic rings. The van der Waals surface area contributed by atoms with Crippen LogP contribution in [0.3, 0.4) is 0 Å². The van der Waals surface area contributed by atoms with Crippen LogP contribution in [0.15, 0.2) is 48.8 Å². The molecule has 0 aliphatic heterocycles. The molecule has 3 aromatic heterocycles. The number of anilines is 1. The number of aromatic amines is 1. The van der Waals surface area contributed by atoms with Crippen LogP contribution in [0.25, 0.3) is 22.2 Å². The molecular formula is C27H24F2N6O. The van der Waals surface area contributed by atoms with E-state index < -0.39 is 11.6 Å². The van der Waals surface area contributed by atoms with Crippen molar-refractivity contribution in [1.29, 1.82) is 5.26 Å². The van der Waals surface area contributed by atoms with E-state index in [0.717, 1.165) is 30.9 Å². The van der Waals surface area contributed by atoms with Gasteiger partial charge < -0.3 is 15.6 Å². The number of halogens is 2. The van der Waals surface area contributed by atoms with Gasteiger partial charge in [-0.3, -0.25) is 9.78 Å². The minimum Gasteiger partial charge on any atom is -0.365 e. The molecule has 1 unspecified atom stereocenters. The first kappa shape index (κ1) is 23.4. The second-order valence-electron chi connectivity index (χ2n) is 9.09. The van der Waals surface area contributed by atoms with Gasteiger partial charge in [-0.05, 0) is 68.5 Å². The first-order valence-corrected chi connectivity index (χ1v) is 11.8. The SMILES string of the molecule is Cc1cc(F)c2[nH]cc(-c3nc(NC4CCC[C@@H](NC(=O)c5ccccn5)C4)c(F)cc3C#N)c2c1. The fourth-order valence-electron chi connectivity index (χ4n) is 4.80. The number of benzene rings is 1. The Balaban J connectivity index is 1.39. The van der Waals surface area contributed by atoms with Crippen molar-refractivity contribution in [2.24, 2.45) is 0 Å². The maximum atomic E-state index is 15.0. The predicted octanol–water partition coefficient (Wildman–Crippen LogP) is 5.24. The van der Waals surface area contributed by atoms with Gasteiger partial charge in [-0.1, -0.05) is 6.07 Å². The van der Waals surface area contributed by atoms with Crippen molar-refractivity contribution in [3.8, 4) is 17.3 Å². The first-order chi connectivity index (χ1) is 17.4. The topological polar surface area (TPSA) is 106 Å². The van der Waals surface area contributed by atoms with Gasteiger partial charge in [0.1, 0.15) is 17.6 Å². The Hall–Kier alpha value is -4.32. The van der Waals surface area contributed by atoms with E-state index in [2.05, 4.69) is 25.6 Å². The molecule has 2 atom stereocenters. The summed E-state index contributed by atoms with van der Waals surface area (Å²) in [5.41, 5.74) is 2.23. The molecule has 36 heavy (non-hydrogen) atoms. The van der Waals surface area contributed by atoms with Crippen molar-refractivity contribution < 1.29 is 13.6 Å². The van der Waals surface area contributed by atoms with Gasteiger partial charge >= 0.3 is 0 Å². The highest BCUT2D eigenvalue weighted by atomic mass is 19.1. The van der Waals surface area contributed by atoms with Crippen LogP contribution in [0.2, 0.25) is 0 Å². The number of hydrogen-bond acceptors (Lipinski definition) is 5. The van der Waals surface area contributed by atoms with Crippen molar-refractivity contribution in [2.75, 3.05) is 5.32 Å². The average molecular weight is 487 g/mol. The molecule has 7 nitrogen and oxygen atoms in total. The normalized spacial score (nSPS) is 17.5. The number of pyridine rings is 2. The lowest BCUT2D eigenvalue weighted by Gasteiger charge is -2.30. The summed E-state index contributed by atoms with van der Waals surface area (Å²) in [5.74, 6) is -1.27. The maximum Gasteiger partial charge on any atom is 0.270 e. The van der Waals surface area contributed by atoms with Crippen LogP contribution in [-0.4, -0.2) is 32.9 Å². The van der Waals surface area contributed by atoms with Crippen molar-refractivity contribution >= 4 is 22.6 Å². The molecule has 1 fully saturated rings. The summed E-state index contributed by atoms with van der Waals surface area (Å²) in [5, 5.41) is 16.4. The van der Waals surface area contributed by atoms with E-state index in [-0.39, 0.29) is 35.1 Å². The molecule has 0 spiro atoms. The molecule has 3 heterocycles. The molecule has 5 rings (SSSR count). The second-order valence-corrected chi connectivity index (χ2v) is 9.09. The zero-order valence-electron chi connectivity index (χ0n) is 19.6. The fraction of sp³-hybridized carbons (Fsp3) is 0.259. The number of rotatable bonds is 5. The summed E-state index contributed by atoms with van der Waals surface area (Å²) >= 11 is 0. The molecule has 9 heteroatoms. The van der Waals surface area contributed by atoms with Gasteiger partial charge in [0, 0.05) is 35.4 Å². The van der Waals surface area contributed by atoms with Crippen molar-refractivity contribution in [1.82, 2.24) is 20.3 Å². The molecule has 0 radical (unpaired) electrons. The van der Waals surface area contributed by atoms with E-state index in [0.29, 0.717) is 28.6 Å². The van der Waals surface area contributed by atoms with E-state index in [9.17, 15) is 18.8 Å². The van der Waals surface area contributed by atoms with Crippen LogP contribution in [0.1, 0.15) is 47.3 Å². The minimum absolute atomic E-state index is 0.0215. The van der Waals surface area contributed by atoms with Gasteiger partial charge in [0.25, 0.3) is 5.91 Å². The van der Waals surface area contributed by atoms with Gasteiger partial charge in [-0.2, -0.15) is 5.26 Å². The zero-order chi connectivity index (χ0) is 25.2. The van der Waals surface area contributed by atoms with Gasteiger partial charge in [-0.15, -0.1) is 0 Å². The third-order valence-electron chi connectivity index (χ3n) is 6.48. The number of fused-ring (bicyclic) bond motifs is 1. The number of nitrogens with one attached hydrogen (secondary N) is 3. The largest absolute Gasteiger partial charge is 0.365 e. The van der Waals surface area contributed by atoms with E-state index in [1.54, 1.807) is 43.6 Å². The Morgan fingerprint density at radius 1 is 1.17 bits per heavy atom. The van der Waals surface area contributed by atoms with E-state index in [4.69, 9.17) is 0 Å². The summed E-state index contributed by atoms with van der Waals surface area (Å²) in [7, 11) is 0. The van der Waals surface area contributed by atoms with Gasteiger partial charge in [0.05, 0.1) is 16.8 Å². The fourth-order valence-corrected chi connectivity index (χ4v) is 4.80. The molecule has 182 valence electrons. The summed E-state index contributed by atoms with van der Waals surface area (Å²) < 4.78 is 29.4. The number of carbonyl (C=O) groups excluding carboxylic acids is 1. The lowest BCUT2D eigenvalue weighted by Crippen LogP contribution is -2.42. The van der Waals surface area contributed by atoms with Gasteiger partial charge in [-0.25, -0.2) is 13.8 Å². The smallest absolute Gasteiger partial charge is 0.270 e. The number of H-pyrrole nitrogens is 1. The monoisotopic (exact) mass is 486 g/mol. The standard InChI is InChI=1S/C27H24F2N6O/c1-15-9-19-20(14-32-25(19)21(28)10-15)24-16(13-30)11-22(29)26(35-24)33-17-5-4-6-18(12-17)34-27(36)23-7-2-3-8-31-23/h2-3,7-11,14,17-18,32H,4-6,12H2,1H3,(H,33,35)(H,34,36)/t17?,18-/m1/s1. The minimum atomic E-state index is -0.642. The molecular weight excluding hydrogens is 462 g/mol. The number of aryl methyl sites for hydroxylation is 1. The summed E-state index contributed by atoms with van der Waals surface area (Å²) in [6, 6.07) is 11.3. The second kappa shape index (κ2) is 9.74. The Labute approximate surface area is 206 Å². The zero-order valence-corrected chi connectivity index (χ0v) is 19.6. The van der Waals surface area contributed by atoms with Crippen LogP contribution in [-0.2, 0) is 0 Å². The Morgan fingerprint density at radius 3 is 2.78 bits per heavy atom. The van der Waals surface area contributed by atoms with Crippen molar-refractivity contribution in [3.63, 3.8) is 0 Å². The highest BCUT2D eigenvalue weighted by Crippen LogP contribution is 2.34. The number of carbonyl (C=O) groups is 1. The van der Waals surface area contributed by atoms with Crippen LogP contribution in [0.5, 0.6) is 0 Å². The van der Waals surface area contributed by atoms with Crippen molar-refractivity contribution in [2.45, 2.75) is 44.7 Å². The predicted molar refractivity (Wildman–Crippen MR) is 132 cm³/mol. The third-order valence-corrected chi connectivity index (χ3v) is 6.48. The lowest BCUT2D eigenvalue weighted by atomic mass is 9.90. The number of aromatic nitrogens is 3. The summed E-state index contributed by atoms with van der Waals surface area (Å²) in [6.45, 7) is 1.78. The highest BCUT2D eigenvalue weighted by Gasteiger charge is 2.26.